The molecule has 1 saturated heterocycles. The Morgan fingerprint density at radius 3 is 2.56 bits per heavy atom. The molecule has 3 heterocycles. The Balaban J connectivity index is 1.24. The first-order chi connectivity index (χ1) is 15.5. The predicted octanol–water partition coefficient (Wildman–Crippen LogP) is 2.35. The monoisotopic (exact) mass is 491 g/mol. The minimum absolute atomic E-state index is 0.0112. The number of hydrogen-bond donors (Lipinski definition) is 0. The van der Waals surface area contributed by atoms with E-state index in [2.05, 4.69) is 21.6 Å². The molecule has 1 aliphatic rings. The Kier molecular flexibility index (Phi) is 7.61. The van der Waals surface area contributed by atoms with Gasteiger partial charge in [0, 0.05) is 37.6 Å². The van der Waals surface area contributed by atoms with Crippen LogP contribution in [0.15, 0.2) is 59.3 Å². The number of benzene rings is 1. The van der Waals surface area contributed by atoms with Crippen molar-refractivity contribution in [1.82, 2.24) is 24.0 Å². The number of carbonyl (C=O) groups excluding carboxylic acids is 1. The molecule has 0 atom stereocenters. The van der Waals surface area contributed by atoms with Gasteiger partial charge in [0.25, 0.3) is 0 Å². The van der Waals surface area contributed by atoms with Crippen LogP contribution in [0.5, 0.6) is 0 Å². The molecule has 0 bridgehead atoms. The molecule has 0 spiro atoms. The van der Waals surface area contributed by atoms with E-state index in [4.69, 9.17) is 0 Å². The number of aromatic nitrogens is 3. The van der Waals surface area contributed by atoms with Crippen molar-refractivity contribution in [1.29, 1.82) is 0 Å². The van der Waals surface area contributed by atoms with Crippen molar-refractivity contribution in [2.45, 2.75) is 23.9 Å². The van der Waals surface area contributed by atoms with Crippen LogP contribution in [0.2, 0.25) is 0 Å². The molecule has 1 fully saturated rings. The molecule has 0 aliphatic carbocycles. The lowest BCUT2D eigenvalue weighted by atomic mass is 10.2. The van der Waals surface area contributed by atoms with Crippen LogP contribution in [0.3, 0.4) is 0 Å². The third kappa shape index (κ3) is 5.97. The van der Waals surface area contributed by atoms with Gasteiger partial charge in [-0.25, -0.2) is 8.42 Å². The number of nitrogens with zero attached hydrogens (tertiary/aromatic N) is 5. The van der Waals surface area contributed by atoms with E-state index in [1.165, 1.54) is 20.9 Å². The van der Waals surface area contributed by atoms with E-state index in [1.54, 1.807) is 22.6 Å². The molecule has 0 N–H and O–H groups in total. The first-order valence-corrected chi connectivity index (χ1v) is 13.8. The number of carbonyl (C=O) groups is 1. The van der Waals surface area contributed by atoms with Gasteiger partial charge in [-0.3, -0.25) is 4.79 Å². The lowest BCUT2D eigenvalue weighted by Gasteiger charge is -2.34. The van der Waals surface area contributed by atoms with Gasteiger partial charge in [0.15, 0.2) is 5.16 Å². The van der Waals surface area contributed by atoms with Crippen molar-refractivity contribution >= 4 is 39.0 Å². The maximum Gasteiger partial charge on any atom is 0.233 e. The summed E-state index contributed by atoms with van der Waals surface area (Å²) in [6.45, 7) is 2.21. The highest BCUT2D eigenvalue weighted by atomic mass is 32.2. The molecule has 8 nitrogen and oxygen atoms in total. The van der Waals surface area contributed by atoms with Gasteiger partial charge in [0.05, 0.1) is 11.5 Å². The third-order valence-corrected chi connectivity index (χ3v) is 9.01. The highest BCUT2D eigenvalue weighted by molar-refractivity contribution is 7.99. The van der Waals surface area contributed by atoms with Gasteiger partial charge in [-0.15, -0.1) is 21.5 Å². The molecular formula is C21H25N5O3S3. The minimum atomic E-state index is -3.39. The summed E-state index contributed by atoms with van der Waals surface area (Å²) in [6.07, 6.45) is 2.59. The smallest absolute Gasteiger partial charge is 0.233 e. The first kappa shape index (κ1) is 23.0. The molecule has 11 heteroatoms. The van der Waals surface area contributed by atoms with Gasteiger partial charge in [0.2, 0.25) is 15.9 Å². The fourth-order valence-corrected chi connectivity index (χ4v) is 6.56. The fraction of sp³-hybridized carbons (Fsp3) is 0.381. The van der Waals surface area contributed by atoms with Gasteiger partial charge in [-0.1, -0.05) is 48.2 Å². The second-order valence-electron chi connectivity index (χ2n) is 7.45. The van der Waals surface area contributed by atoms with E-state index in [-0.39, 0.29) is 17.4 Å². The average molecular weight is 492 g/mol. The van der Waals surface area contributed by atoms with E-state index < -0.39 is 10.0 Å². The largest absolute Gasteiger partial charge is 0.339 e. The molecule has 0 radical (unpaired) electrons. The highest BCUT2D eigenvalue weighted by Gasteiger charge is 2.29. The highest BCUT2D eigenvalue weighted by Crippen LogP contribution is 2.19. The molecule has 170 valence electrons. The number of thioether (sulfide) groups is 1. The minimum Gasteiger partial charge on any atom is -0.339 e. The van der Waals surface area contributed by atoms with Crippen molar-refractivity contribution in [3.63, 3.8) is 0 Å². The van der Waals surface area contributed by atoms with Crippen molar-refractivity contribution in [2.24, 2.45) is 0 Å². The molecule has 0 unspecified atom stereocenters. The number of hydrogen-bond acceptors (Lipinski definition) is 7. The zero-order chi connectivity index (χ0) is 22.4. The Hall–Kier alpha value is -2.21. The van der Waals surface area contributed by atoms with Gasteiger partial charge in [-0.05, 0) is 23.4 Å². The molecule has 3 aromatic rings. The number of piperazine rings is 1. The summed E-state index contributed by atoms with van der Waals surface area (Å²) in [4.78, 5) is 15.7. The second-order valence-corrected chi connectivity index (χ2v) is 11.4. The fourth-order valence-electron chi connectivity index (χ4n) is 3.50. The van der Waals surface area contributed by atoms with Gasteiger partial charge >= 0.3 is 0 Å². The Labute approximate surface area is 196 Å². The maximum atomic E-state index is 12.7. The lowest BCUT2D eigenvalue weighted by molar-refractivity contribution is -0.129. The van der Waals surface area contributed by atoms with Gasteiger partial charge in [0.1, 0.15) is 6.33 Å². The maximum absolute atomic E-state index is 12.7. The van der Waals surface area contributed by atoms with E-state index in [0.717, 1.165) is 23.7 Å². The van der Waals surface area contributed by atoms with Crippen LogP contribution < -0.4 is 0 Å². The summed E-state index contributed by atoms with van der Waals surface area (Å²) in [5.74, 6) is 0.232. The number of aryl methyl sites for hydroxylation is 2. The average Bonchev–Trinajstić information content (AvgIpc) is 3.48. The zero-order valence-corrected chi connectivity index (χ0v) is 20.0. The Morgan fingerprint density at radius 2 is 1.84 bits per heavy atom. The van der Waals surface area contributed by atoms with E-state index in [0.29, 0.717) is 26.2 Å². The standard InChI is InChI=1S/C21H25N5O3S3/c27-20(15-31-21-23-22-17-25(21)9-8-19-7-4-14-30-19)24-10-12-26(13-11-24)32(28,29)16-18-5-2-1-3-6-18/h1-7,14,17H,8-13,15-16H2. The molecule has 32 heavy (non-hydrogen) atoms. The quantitative estimate of drug-likeness (QED) is 0.427. The van der Waals surface area contributed by atoms with Crippen LogP contribution >= 0.6 is 23.1 Å². The Bertz CT molecular complexity index is 1110. The molecule has 0 saturated carbocycles. The molecule has 4 rings (SSSR count). The van der Waals surface area contributed by atoms with Crippen molar-refractivity contribution < 1.29 is 13.2 Å². The summed E-state index contributed by atoms with van der Waals surface area (Å²) in [7, 11) is -3.39. The second kappa shape index (κ2) is 10.6. The Morgan fingerprint density at radius 1 is 1.06 bits per heavy atom. The molecule has 1 aliphatic heterocycles. The van der Waals surface area contributed by atoms with Crippen molar-refractivity contribution in [2.75, 3.05) is 31.9 Å². The number of sulfonamides is 1. The number of thiophene rings is 1. The SMILES string of the molecule is O=C(CSc1nncn1CCc1cccs1)N1CCN(S(=O)(=O)Cc2ccccc2)CC1. The van der Waals surface area contributed by atoms with Crippen molar-refractivity contribution in [3.05, 3.63) is 64.6 Å². The molecule has 1 amide bonds. The normalized spacial score (nSPS) is 15.2. The van der Waals surface area contributed by atoms with E-state index in [1.807, 2.05) is 41.0 Å². The molecule has 2 aromatic heterocycles. The molecular weight excluding hydrogens is 466 g/mol. The predicted molar refractivity (Wildman–Crippen MR) is 126 cm³/mol. The first-order valence-electron chi connectivity index (χ1n) is 10.3. The zero-order valence-electron chi connectivity index (χ0n) is 17.5. The summed E-state index contributed by atoms with van der Waals surface area (Å²) in [6, 6.07) is 13.3. The van der Waals surface area contributed by atoms with Crippen molar-refractivity contribution in [3.8, 4) is 0 Å². The number of rotatable bonds is 9. The van der Waals surface area contributed by atoms with Crippen LogP contribution in [-0.2, 0) is 33.5 Å². The van der Waals surface area contributed by atoms with Crippen LogP contribution in [0, 0.1) is 0 Å². The number of amides is 1. The van der Waals surface area contributed by atoms with E-state index >= 15 is 0 Å². The summed E-state index contributed by atoms with van der Waals surface area (Å²) in [5.41, 5.74) is 0.769. The van der Waals surface area contributed by atoms with E-state index in [9.17, 15) is 13.2 Å². The summed E-state index contributed by atoms with van der Waals surface area (Å²) >= 11 is 3.09. The van der Waals surface area contributed by atoms with Gasteiger partial charge in [-0.2, -0.15) is 4.31 Å². The van der Waals surface area contributed by atoms with Gasteiger partial charge < -0.3 is 9.47 Å². The summed E-state index contributed by atoms with van der Waals surface area (Å²) in [5, 5.41) is 10.9. The summed E-state index contributed by atoms with van der Waals surface area (Å²) < 4.78 is 28.8. The topological polar surface area (TPSA) is 88.4 Å². The van der Waals surface area contributed by atoms with Crippen LogP contribution in [0.1, 0.15) is 10.4 Å². The lowest BCUT2D eigenvalue weighted by Crippen LogP contribution is -2.51. The van der Waals surface area contributed by atoms with Crippen LogP contribution in [0.25, 0.3) is 0 Å². The van der Waals surface area contributed by atoms with Crippen LogP contribution in [-0.4, -0.2) is 70.2 Å². The van der Waals surface area contributed by atoms with Crippen LogP contribution in [0.4, 0.5) is 0 Å². The third-order valence-electron chi connectivity index (χ3n) is 5.26. The molecule has 1 aromatic carbocycles.